The highest BCUT2D eigenvalue weighted by molar-refractivity contribution is 5.54. The highest BCUT2D eigenvalue weighted by Crippen LogP contribution is 2.36. The third-order valence-corrected chi connectivity index (χ3v) is 2.42. The Bertz CT molecular complexity index is 350. The molecule has 84 valence electrons. The molecular weight excluding hydrogens is 194 g/mol. The van der Waals surface area contributed by atoms with E-state index in [1.807, 2.05) is 19.9 Å². The second kappa shape index (κ2) is 5.00. The lowest BCUT2D eigenvalue weighted by Crippen LogP contribution is -2.04. The van der Waals surface area contributed by atoms with Crippen molar-refractivity contribution < 1.29 is 14.3 Å². The number of hydrogen-bond donors (Lipinski definition) is 1. The summed E-state index contributed by atoms with van der Waals surface area (Å²) in [4.78, 5) is 4.64. The predicted octanol–water partition coefficient (Wildman–Crippen LogP) is 1.71. The van der Waals surface area contributed by atoms with Crippen molar-refractivity contribution in [3.63, 3.8) is 0 Å². The Morgan fingerprint density at radius 1 is 1.13 bits per heavy atom. The molecule has 4 heteroatoms. The van der Waals surface area contributed by atoms with Crippen molar-refractivity contribution in [2.45, 2.75) is 20.5 Å². The Morgan fingerprint density at radius 3 is 2.20 bits per heavy atom. The lowest BCUT2D eigenvalue weighted by Gasteiger charge is -2.16. The van der Waals surface area contributed by atoms with E-state index in [1.54, 1.807) is 14.2 Å². The SMILES string of the molecule is COc1c(C)cc(CON)c(C)c1OC. The van der Waals surface area contributed by atoms with Crippen molar-refractivity contribution in [1.29, 1.82) is 0 Å². The highest BCUT2D eigenvalue weighted by Gasteiger charge is 2.14. The maximum atomic E-state index is 5.31. The van der Waals surface area contributed by atoms with Gasteiger partial charge in [0.15, 0.2) is 11.5 Å². The predicted molar refractivity (Wildman–Crippen MR) is 58.0 cm³/mol. The summed E-state index contributed by atoms with van der Waals surface area (Å²) in [5.41, 5.74) is 3.00. The second-order valence-corrected chi connectivity index (χ2v) is 3.36. The van der Waals surface area contributed by atoms with Gasteiger partial charge in [-0.3, -0.25) is 4.84 Å². The van der Waals surface area contributed by atoms with Crippen LogP contribution in [-0.4, -0.2) is 14.2 Å². The molecule has 0 heterocycles. The van der Waals surface area contributed by atoms with Gasteiger partial charge in [0.05, 0.1) is 20.8 Å². The lowest BCUT2D eigenvalue weighted by molar-refractivity contribution is 0.123. The van der Waals surface area contributed by atoms with Gasteiger partial charge in [-0.2, -0.15) is 0 Å². The number of rotatable bonds is 4. The van der Waals surface area contributed by atoms with E-state index in [0.717, 1.165) is 28.2 Å². The molecule has 0 bridgehead atoms. The van der Waals surface area contributed by atoms with Gasteiger partial charge in [-0.25, -0.2) is 5.90 Å². The van der Waals surface area contributed by atoms with Crippen LogP contribution < -0.4 is 15.4 Å². The van der Waals surface area contributed by atoms with Crippen molar-refractivity contribution >= 4 is 0 Å². The quantitative estimate of drug-likeness (QED) is 0.770. The first-order valence-electron chi connectivity index (χ1n) is 4.68. The summed E-state index contributed by atoms with van der Waals surface area (Å²) in [6.45, 7) is 4.28. The number of nitrogens with two attached hydrogens (primary N) is 1. The van der Waals surface area contributed by atoms with Gasteiger partial charge in [0, 0.05) is 5.56 Å². The van der Waals surface area contributed by atoms with Gasteiger partial charge >= 0.3 is 0 Å². The smallest absolute Gasteiger partial charge is 0.164 e. The molecule has 1 aromatic carbocycles. The zero-order valence-electron chi connectivity index (χ0n) is 9.59. The molecule has 0 amide bonds. The van der Waals surface area contributed by atoms with Crippen LogP contribution >= 0.6 is 0 Å². The number of benzene rings is 1. The zero-order chi connectivity index (χ0) is 11.4. The average Bonchev–Trinajstić information content (AvgIpc) is 2.22. The standard InChI is InChI=1S/C11H17NO3/c1-7-5-9(6-15-12)8(2)11(14-4)10(7)13-3/h5H,6,12H2,1-4H3. The molecular formula is C11H17NO3. The number of methoxy groups -OCH3 is 2. The largest absolute Gasteiger partial charge is 0.493 e. The molecule has 0 spiro atoms. The maximum absolute atomic E-state index is 5.31. The minimum Gasteiger partial charge on any atom is -0.493 e. The topological polar surface area (TPSA) is 53.7 Å². The monoisotopic (exact) mass is 211 g/mol. The van der Waals surface area contributed by atoms with Crippen LogP contribution in [0.15, 0.2) is 6.07 Å². The fraction of sp³-hybridized carbons (Fsp3) is 0.455. The normalized spacial score (nSPS) is 10.2. The van der Waals surface area contributed by atoms with Crippen LogP contribution in [0.3, 0.4) is 0 Å². The number of hydrogen-bond acceptors (Lipinski definition) is 4. The fourth-order valence-corrected chi connectivity index (χ4v) is 1.67. The summed E-state index contributed by atoms with van der Waals surface area (Å²) in [6, 6.07) is 1.99. The number of ether oxygens (including phenoxy) is 2. The van der Waals surface area contributed by atoms with Crippen LogP contribution in [0.4, 0.5) is 0 Å². The van der Waals surface area contributed by atoms with Crippen molar-refractivity contribution in [2.75, 3.05) is 14.2 Å². The van der Waals surface area contributed by atoms with Crippen LogP contribution in [0, 0.1) is 13.8 Å². The first-order valence-corrected chi connectivity index (χ1v) is 4.68. The summed E-state index contributed by atoms with van der Waals surface area (Å²) in [7, 11) is 3.25. The Kier molecular flexibility index (Phi) is 3.94. The Labute approximate surface area is 89.9 Å². The van der Waals surface area contributed by atoms with Crippen molar-refractivity contribution in [3.8, 4) is 11.5 Å². The van der Waals surface area contributed by atoms with E-state index in [-0.39, 0.29) is 0 Å². The molecule has 0 aromatic heterocycles. The minimum atomic E-state index is 0.368. The lowest BCUT2D eigenvalue weighted by atomic mass is 10.0. The molecule has 0 saturated carbocycles. The minimum absolute atomic E-state index is 0.368. The number of aryl methyl sites for hydroxylation is 1. The molecule has 0 saturated heterocycles. The van der Waals surface area contributed by atoms with E-state index in [2.05, 4.69) is 4.84 Å². The van der Waals surface area contributed by atoms with Gasteiger partial charge in [0.25, 0.3) is 0 Å². The van der Waals surface area contributed by atoms with Crippen molar-refractivity contribution in [3.05, 3.63) is 22.8 Å². The van der Waals surface area contributed by atoms with E-state index in [9.17, 15) is 0 Å². The van der Waals surface area contributed by atoms with Gasteiger partial charge in [0.2, 0.25) is 0 Å². The molecule has 0 atom stereocenters. The van der Waals surface area contributed by atoms with Gasteiger partial charge in [0.1, 0.15) is 0 Å². The average molecular weight is 211 g/mol. The van der Waals surface area contributed by atoms with E-state index < -0.39 is 0 Å². The zero-order valence-corrected chi connectivity index (χ0v) is 9.59. The van der Waals surface area contributed by atoms with Crippen LogP contribution in [0.1, 0.15) is 16.7 Å². The van der Waals surface area contributed by atoms with E-state index in [4.69, 9.17) is 15.4 Å². The molecule has 0 unspecified atom stereocenters. The molecule has 0 aliphatic rings. The molecule has 0 aliphatic heterocycles. The Hall–Kier alpha value is -1.26. The summed E-state index contributed by atoms with van der Waals surface area (Å²) in [5, 5.41) is 0. The Morgan fingerprint density at radius 2 is 1.73 bits per heavy atom. The molecule has 0 fully saturated rings. The molecule has 2 N–H and O–H groups in total. The Balaban J connectivity index is 3.30. The van der Waals surface area contributed by atoms with Gasteiger partial charge in [-0.05, 0) is 31.0 Å². The molecule has 1 aromatic rings. The summed E-state index contributed by atoms with van der Waals surface area (Å²) in [5.74, 6) is 6.57. The first kappa shape index (κ1) is 11.8. The van der Waals surface area contributed by atoms with E-state index in [1.165, 1.54) is 0 Å². The summed E-state index contributed by atoms with van der Waals surface area (Å²) >= 11 is 0. The maximum Gasteiger partial charge on any atom is 0.164 e. The molecule has 0 aliphatic carbocycles. The van der Waals surface area contributed by atoms with Crippen LogP contribution in [-0.2, 0) is 11.4 Å². The van der Waals surface area contributed by atoms with Crippen molar-refractivity contribution in [2.24, 2.45) is 5.90 Å². The van der Waals surface area contributed by atoms with Crippen LogP contribution in [0.25, 0.3) is 0 Å². The van der Waals surface area contributed by atoms with Gasteiger partial charge < -0.3 is 9.47 Å². The van der Waals surface area contributed by atoms with Gasteiger partial charge in [-0.15, -0.1) is 0 Å². The molecule has 15 heavy (non-hydrogen) atoms. The molecule has 0 radical (unpaired) electrons. The van der Waals surface area contributed by atoms with Crippen molar-refractivity contribution in [1.82, 2.24) is 0 Å². The third kappa shape index (κ3) is 2.22. The highest BCUT2D eigenvalue weighted by atomic mass is 16.6. The molecule has 4 nitrogen and oxygen atoms in total. The van der Waals surface area contributed by atoms with Crippen LogP contribution in [0.2, 0.25) is 0 Å². The van der Waals surface area contributed by atoms with E-state index >= 15 is 0 Å². The van der Waals surface area contributed by atoms with Crippen LogP contribution in [0.5, 0.6) is 11.5 Å². The second-order valence-electron chi connectivity index (χ2n) is 3.36. The summed E-state index contributed by atoms with van der Waals surface area (Å²) in [6.07, 6.45) is 0. The summed E-state index contributed by atoms with van der Waals surface area (Å²) < 4.78 is 10.6. The first-order chi connectivity index (χ1) is 7.15. The van der Waals surface area contributed by atoms with Gasteiger partial charge in [-0.1, -0.05) is 0 Å². The molecule has 1 rings (SSSR count). The fourth-order valence-electron chi connectivity index (χ4n) is 1.67. The van der Waals surface area contributed by atoms with E-state index in [0.29, 0.717) is 6.61 Å². The third-order valence-electron chi connectivity index (χ3n) is 2.42.